The van der Waals surface area contributed by atoms with Gasteiger partial charge in [0.1, 0.15) is 0 Å². The van der Waals surface area contributed by atoms with Crippen molar-refractivity contribution in [3.63, 3.8) is 0 Å². The van der Waals surface area contributed by atoms with Gasteiger partial charge in [-0.2, -0.15) is 0 Å². The number of fused-ring (bicyclic) bond motifs is 1. The summed E-state index contributed by atoms with van der Waals surface area (Å²) in [6.45, 7) is -0.595. The summed E-state index contributed by atoms with van der Waals surface area (Å²) < 4.78 is 4.97. The monoisotopic (exact) mass is 315 g/mol. The summed E-state index contributed by atoms with van der Waals surface area (Å²) >= 11 is 0. The zero-order chi connectivity index (χ0) is 16.8. The van der Waals surface area contributed by atoms with Gasteiger partial charge in [0.15, 0.2) is 6.61 Å². The number of likely N-dealkylation sites (N-methyl/N-ethyl adjacent to an activating group) is 1. The van der Waals surface area contributed by atoms with Crippen LogP contribution in [0.4, 0.5) is 0 Å². The molecule has 2 aromatic rings. The van der Waals surface area contributed by atoms with Gasteiger partial charge in [-0.3, -0.25) is 14.6 Å². The number of esters is 1. The molecular formula is C16H17N3O4. The Labute approximate surface area is 133 Å². The number of hydrogen-bond acceptors (Lipinski definition) is 5. The Hall–Kier alpha value is -2.96. The molecule has 0 radical (unpaired) electrons. The van der Waals surface area contributed by atoms with Gasteiger partial charge >= 0.3 is 5.97 Å². The number of nitrogens with zero attached hydrogens (tertiary/aromatic N) is 2. The van der Waals surface area contributed by atoms with Crippen molar-refractivity contribution in [1.82, 2.24) is 15.2 Å². The van der Waals surface area contributed by atoms with E-state index >= 15 is 0 Å². The van der Waals surface area contributed by atoms with Crippen LogP contribution in [0.5, 0.6) is 0 Å². The molecule has 2 amide bonds. The van der Waals surface area contributed by atoms with E-state index in [4.69, 9.17) is 4.74 Å². The van der Waals surface area contributed by atoms with Crippen LogP contribution in [0.15, 0.2) is 36.5 Å². The van der Waals surface area contributed by atoms with Crippen molar-refractivity contribution in [1.29, 1.82) is 0 Å². The number of aromatic nitrogens is 1. The number of hydrogen-bond donors (Lipinski definition) is 1. The number of carbonyl (C=O) groups is 3. The van der Waals surface area contributed by atoms with E-state index in [9.17, 15) is 14.4 Å². The number of benzene rings is 1. The topological polar surface area (TPSA) is 88.6 Å². The molecule has 0 atom stereocenters. The molecule has 2 rings (SSSR count). The van der Waals surface area contributed by atoms with Crippen molar-refractivity contribution in [3.05, 3.63) is 42.1 Å². The third-order valence-electron chi connectivity index (χ3n) is 3.12. The van der Waals surface area contributed by atoms with E-state index in [2.05, 4.69) is 10.3 Å². The zero-order valence-corrected chi connectivity index (χ0v) is 12.9. The molecule has 0 fully saturated rings. The lowest BCUT2D eigenvalue weighted by Crippen LogP contribution is -2.38. The lowest BCUT2D eigenvalue weighted by molar-refractivity contribution is -0.131. The summed E-state index contributed by atoms with van der Waals surface area (Å²) in [7, 11) is 3.17. The molecule has 23 heavy (non-hydrogen) atoms. The number of para-hydroxylation sites is 1. The number of rotatable bonds is 5. The molecule has 1 heterocycles. The zero-order valence-electron chi connectivity index (χ0n) is 12.9. The van der Waals surface area contributed by atoms with Gasteiger partial charge in [0.05, 0.1) is 17.6 Å². The molecule has 0 aliphatic heterocycles. The Morgan fingerprint density at radius 1 is 1.17 bits per heavy atom. The molecule has 120 valence electrons. The smallest absolute Gasteiger partial charge is 0.340 e. The summed E-state index contributed by atoms with van der Waals surface area (Å²) in [6.07, 6.45) is 1.58. The average Bonchev–Trinajstić information content (AvgIpc) is 2.56. The van der Waals surface area contributed by atoms with Crippen molar-refractivity contribution in [2.45, 2.75) is 0 Å². The third-order valence-corrected chi connectivity index (χ3v) is 3.12. The Kier molecular flexibility index (Phi) is 5.24. The van der Waals surface area contributed by atoms with Crippen LogP contribution in [-0.2, 0) is 14.3 Å². The second kappa shape index (κ2) is 7.35. The summed E-state index contributed by atoms with van der Waals surface area (Å²) in [5.41, 5.74) is 0.809. The Morgan fingerprint density at radius 2 is 1.91 bits per heavy atom. The van der Waals surface area contributed by atoms with Gasteiger partial charge in [-0.05, 0) is 12.1 Å². The number of ether oxygens (including phenoxy) is 1. The first-order valence-electron chi connectivity index (χ1n) is 6.97. The van der Waals surface area contributed by atoms with E-state index in [0.29, 0.717) is 11.1 Å². The van der Waals surface area contributed by atoms with Crippen LogP contribution in [0.2, 0.25) is 0 Å². The second-order valence-electron chi connectivity index (χ2n) is 5.02. The molecule has 1 aromatic carbocycles. The van der Waals surface area contributed by atoms with Gasteiger partial charge in [0, 0.05) is 25.7 Å². The first kappa shape index (κ1) is 16.4. The minimum Gasteiger partial charge on any atom is -0.452 e. The van der Waals surface area contributed by atoms with E-state index in [1.807, 2.05) is 12.1 Å². The largest absolute Gasteiger partial charge is 0.452 e. The fourth-order valence-corrected chi connectivity index (χ4v) is 1.86. The Bertz CT molecular complexity index is 738. The highest BCUT2D eigenvalue weighted by molar-refractivity contribution is 6.03. The fraction of sp³-hybridized carbons (Fsp3) is 0.250. The highest BCUT2D eigenvalue weighted by Crippen LogP contribution is 2.16. The normalized spacial score (nSPS) is 10.2. The lowest BCUT2D eigenvalue weighted by Gasteiger charge is -2.11. The minimum atomic E-state index is -0.636. The lowest BCUT2D eigenvalue weighted by atomic mass is 10.1. The molecule has 0 spiro atoms. The predicted octanol–water partition coefficient (Wildman–Crippen LogP) is 0.596. The van der Waals surface area contributed by atoms with Gasteiger partial charge in [-0.25, -0.2) is 4.79 Å². The molecule has 1 N–H and O–H groups in total. The number of nitrogens with one attached hydrogen (secondary N) is 1. The fourth-order valence-electron chi connectivity index (χ4n) is 1.86. The average molecular weight is 315 g/mol. The van der Waals surface area contributed by atoms with Crippen LogP contribution >= 0.6 is 0 Å². The van der Waals surface area contributed by atoms with Gasteiger partial charge in [-0.1, -0.05) is 18.2 Å². The van der Waals surface area contributed by atoms with E-state index in [1.54, 1.807) is 38.5 Å². The van der Waals surface area contributed by atoms with Crippen LogP contribution in [0.3, 0.4) is 0 Å². The van der Waals surface area contributed by atoms with E-state index < -0.39 is 18.5 Å². The highest BCUT2D eigenvalue weighted by atomic mass is 16.5. The van der Waals surface area contributed by atoms with Crippen LogP contribution in [-0.4, -0.2) is 54.9 Å². The van der Waals surface area contributed by atoms with Crippen LogP contribution < -0.4 is 5.32 Å². The Morgan fingerprint density at radius 3 is 2.65 bits per heavy atom. The molecular weight excluding hydrogens is 298 g/mol. The van der Waals surface area contributed by atoms with E-state index in [1.165, 1.54) is 4.90 Å². The molecule has 0 saturated heterocycles. The maximum absolute atomic E-state index is 12.1. The first-order valence-corrected chi connectivity index (χ1v) is 6.97. The Balaban J connectivity index is 1.94. The van der Waals surface area contributed by atoms with Gasteiger partial charge in [0.25, 0.3) is 5.91 Å². The summed E-state index contributed by atoms with van der Waals surface area (Å²) in [5, 5.41) is 3.19. The van der Waals surface area contributed by atoms with Crippen LogP contribution in [0.25, 0.3) is 10.9 Å². The van der Waals surface area contributed by atoms with Crippen molar-refractivity contribution < 1.29 is 19.1 Å². The summed E-state index contributed by atoms with van der Waals surface area (Å²) in [6, 6.07) is 8.74. The van der Waals surface area contributed by atoms with Crippen LogP contribution in [0.1, 0.15) is 10.4 Å². The highest BCUT2D eigenvalue weighted by Gasteiger charge is 2.14. The predicted molar refractivity (Wildman–Crippen MR) is 83.7 cm³/mol. The second-order valence-corrected chi connectivity index (χ2v) is 5.02. The van der Waals surface area contributed by atoms with Crippen molar-refractivity contribution in [3.8, 4) is 0 Å². The number of carbonyl (C=O) groups excluding carboxylic acids is 3. The van der Waals surface area contributed by atoms with Gasteiger partial charge in [-0.15, -0.1) is 0 Å². The molecule has 0 aliphatic rings. The number of pyridine rings is 1. The molecule has 7 nitrogen and oxygen atoms in total. The SMILES string of the molecule is CN(C)C(=O)CNC(=O)COC(=O)c1cccc2cccnc12. The van der Waals surface area contributed by atoms with Crippen molar-refractivity contribution in [2.75, 3.05) is 27.2 Å². The molecule has 0 bridgehead atoms. The van der Waals surface area contributed by atoms with Crippen LogP contribution in [0, 0.1) is 0 Å². The molecule has 1 aromatic heterocycles. The molecule has 7 heteroatoms. The molecule has 0 saturated carbocycles. The van der Waals surface area contributed by atoms with E-state index in [0.717, 1.165) is 5.39 Å². The van der Waals surface area contributed by atoms with Gasteiger partial charge in [0.2, 0.25) is 5.91 Å². The maximum Gasteiger partial charge on any atom is 0.340 e. The van der Waals surface area contributed by atoms with E-state index in [-0.39, 0.29) is 12.5 Å². The quantitative estimate of drug-likeness (QED) is 0.816. The van der Waals surface area contributed by atoms with Gasteiger partial charge < -0.3 is 15.0 Å². The first-order chi connectivity index (χ1) is 11.0. The van der Waals surface area contributed by atoms with Crippen molar-refractivity contribution in [2.24, 2.45) is 0 Å². The number of amides is 2. The van der Waals surface area contributed by atoms with Crippen molar-refractivity contribution >= 4 is 28.7 Å². The standard InChI is InChI=1S/C16H17N3O4/c1-19(2)14(21)9-18-13(20)10-23-16(22)12-7-3-5-11-6-4-8-17-15(11)12/h3-8H,9-10H2,1-2H3,(H,18,20). The molecule has 0 aliphatic carbocycles. The maximum atomic E-state index is 12.1. The summed E-state index contributed by atoms with van der Waals surface area (Å²) in [5.74, 6) is -1.42. The minimum absolute atomic E-state index is 0.140. The summed E-state index contributed by atoms with van der Waals surface area (Å²) in [4.78, 5) is 40.5. The third kappa shape index (κ3) is 4.26. The molecule has 0 unspecified atom stereocenters.